The minimum atomic E-state index is -0.991. The first-order valence-corrected chi connectivity index (χ1v) is 9.03. The van der Waals surface area contributed by atoms with Gasteiger partial charge in [-0.15, -0.1) is 10.2 Å². The molecule has 0 radical (unpaired) electrons. The number of ether oxygens (including phenoxy) is 2. The maximum Gasteiger partial charge on any atom is 0.404 e. The molecule has 28 heavy (non-hydrogen) atoms. The van der Waals surface area contributed by atoms with E-state index in [-0.39, 0.29) is 0 Å². The number of hydrogen-bond donors (Lipinski definition) is 3. The average molecular weight is 388 g/mol. The molecular weight excluding hydrogens is 364 g/mol. The fourth-order valence-electron chi connectivity index (χ4n) is 3.05. The summed E-state index contributed by atoms with van der Waals surface area (Å²) in [7, 11) is 3.18. The fourth-order valence-corrected chi connectivity index (χ4v) is 3.05. The van der Waals surface area contributed by atoms with E-state index in [2.05, 4.69) is 20.8 Å². The van der Waals surface area contributed by atoms with Crippen molar-refractivity contribution in [3.8, 4) is 11.5 Å². The van der Waals surface area contributed by atoms with E-state index in [9.17, 15) is 4.79 Å². The number of carbonyl (C=O) groups is 1. The van der Waals surface area contributed by atoms with Crippen molar-refractivity contribution in [1.29, 1.82) is 0 Å². The van der Waals surface area contributed by atoms with Gasteiger partial charge in [-0.05, 0) is 26.2 Å². The number of rotatable bonds is 9. The van der Waals surface area contributed by atoms with Gasteiger partial charge in [0.2, 0.25) is 5.65 Å². The zero-order valence-electron chi connectivity index (χ0n) is 16.2. The lowest BCUT2D eigenvalue weighted by atomic mass is 10.2. The Hall–Kier alpha value is -3.30. The third-order valence-electron chi connectivity index (χ3n) is 4.41. The Balaban J connectivity index is 1.81. The van der Waals surface area contributed by atoms with E-state index in [0.29, 0.717) is 36.1 Å². The largest absolute Gasteiger partial charge is 0.493 e. The normalized spacial score (nSPS) is 11.0. The highest BCUT2D eigenvalue weighted by atomic mass is 16.5. The Labute approximate surface area is 161 Å². The molecule has 3 aromatic rings. The van der Waals surface area contributed by atoms with Crippen molar-refractivity contribution in [3.63, 3.8) is 0 Å². The van der Waals surface area contributed by atoms with Crippen LogP contribution in [0.1, 0.15) is 25.1 Å². The molecule has 1 amide bonds. The van der Waals surface area contributed by atoms with Gasteiger partial charge in [0, 0.05) is 25.2 Å². The summed E-state index contributed by atoms with van der Waals surface area (Å²) in [4.78, 5) is 15.1. The van der Waals surface area contributed by atoms with Crippen LogP contribution in [0.15, 0.2) is 12.1 Å². The molecule has 10 heteroatoms. The molecular formula is C18H24N6O4. The molecule has 10 nitrogen and oxygen atoms in total. The number of amides is 1. The third-order valence-corrected chi connectivity index (χ3v) is 4.41. The van der Waals surface area contributed by atoms with Crippen molar-refractivity contribution in [1.82, 2.24) is 24.9 Å². The molecule has 1 aromatic carbocycles. The second-order valence-electron chi connectivity index (χ2n) is 6.28. The lowest BCUT2D eigenvalue weighted by Crippen LogP contribution is -2.21. The first-order valence-electron chi connectivity index (χ1n) is 9.03. The van der Waals surface area contributed by atoms with Crippen molar-refractivity contribution < 1.29 is 19.4 Å². The quantitative estimate of drug-likeness (QED) is 0.478. The monoisotopic (exact) mass is 388 g/mol. The molecule has 3 N–H and O–H groups in total. The van der Waals surface area contributed by atoms with Crippen LogP contribution in [-0.2, 0) is 0 Å². The molecule has 0 fully saturated rings. The number of methoxy groups -OCH3 is 2. The van der Waals surface area contributed by atoms with Crippen LogP contribution in [0.2, 0.25) is 0 Å². The number of hydrogen-bond acceptors (Lipinski definition) is 7. The third kappa shape index (κ3) is 4.00. The Morgan fingerprint density at radius 2 is 1.82 bits per heavy atom. The topological polar surface area (TPSA) is 123 Å². The standard InChI is InChI=1S/C18H24N6O4/c1-11-22-23-17-16(19-7-5-4-6-8-20-18(25)26)21-12-9-14(27-2)15(28-3)10-13(12)24(11)17/h9-10,20H,4-8H2,1-3H3,(H,19,21)(H,25,26). The van der Waals surface area contributed by atoms with Crippen LogP contribution in [-0.4, -0.2) is 58.1 Å². The van der Waals surface area contributed by atoms with E-state index in [1.807, 2.05) is 23.5 Å². The summed E-state index contributed by atoms with van der Waals surface area (Å²) >= 11 is 0. The van der Waals surface area contributed by atoms with Crippen LogP contribution in [0.4, 0.5) is 10.6 Å². The van der Waals surface area contributed by atoms with Crippen molar-refractivity contribution in [3.05, 3.63) is 18.0 Å². The molecule has 2 heterocycles. The molecule has 2 aromatic heterocycles. The summed E-state index contributed by atoms with van der Waals surface area (Å²) in [6, 6.07) is 3.69. The molecule has 0 saturated carbocycles. The van der Waals surface area contributed by atoms with Crippen LogP contribution in [0.25, 0.3) is 16.7 Å². The minimum absolute atomic E-state index is 0.457. The van der Waals surface area contributed by atoms with Gasteiger partial charge in [-0.25, -0.2) is 9.78 Å². The second-order valence-corrected chi connectivity index (χ2v) is 6.28. The number of aryl methyl sites for hydroxylation is 1. The van der Waals surface area contributed by atoms with E-state index < -0.39 is 6.09 Å². The summed E-state index contributed by atoms with van der Waals surface area (Å²) in [5.41, 5.74) is 2.21. The molecule has 0 bridgehead atoms. The van der Waals surface area contributed by atoms with Crippen LogP contribution >= 0.6 is 0 Å². The number of nitrogens with zero attached hydrogens (tertiary/aromatic N) is 4. The number of nitrogens with one attached hydrogen (secondary N) is 2. The number of aromatic nitrogens is 4. The highest BCUT2D eigenvalue weighted by Crippen LogP contribution is 2.33. The van der Waals surface area contributed by atoms with Crippen molar-refractivity contribution in [2.45, 2.75) is 26.2 Å². The average Bonchev–Trinajstić information content (AvgIpc) is 3.08. The highest BCUT2D eigenvalue weighted by molar-refractivity contribution is 5.85. The van der Waals surface area contributed by atoms with Crippen LogP contribution in [0.5, 0.6) is 11.5 Å². The lowest BCUT2D eigenvalue weighted by molar-refractivity contribution is 0.194. The van der Waals surface area contributed by atoms with E-state index in [1.165, 1.54) is 0 Å². The Morgan fingerprint density at radius 3 is 2.54 bits per heavy atom. The summed E-state index contributed by atoms with van der Waals surface area (Å²) in [5.74, 6) is 2.60. The summed E-state index contributed by atoms with van der Waals surface area (Å²) in [5, 5.41) is 22.7. The number of carboxylic acid groups (broad SMARTS) is 1. The van der Waals surface area contributed by atoms with Gasteiger partial charge < -0.3 is 25.2 Å². The first-order chi connectivity index (χ1) is 13.5. The van der Waals surface area contributed by atoms with Crippen molar-refractivity contribution >= 4 is 28.6 Å². The molecule has 3 rings (SSSR count). The van der Waals surface area contributed by atoms with Crippen molar-refractivity contribution in [2.75, 3.05) is 32.6 Å². The van der Waals surface area contributed by atoms with Gasteiger partial charge in [0.1, 0.15) is 5.82 Å². The first kappa shape index (κ1) is 19.5. The molecule has 0 aliphatic rings. The molecule has 0 aliphatic heterocycles. The molecule has 150 valence electrons. The van der Waals surface area contributed by atoms with E-state index >= 15 is 0 Å². The van der Waals surface area contributed by atoms with E-state index in [1.54, 1.807) is 14.2 Å². The second kappa shape index (κ2) is 8.59. The predicted octanol–water partition coefficient (Wildman–Crippen LogP) is 2.45. The molecule has 0 aliphatic carbocycles. The summed E-state index contributed by atoms with van der Waals surface area (Å²) in [6.07, 6.45) is 1.57. The zero-order chi connectivity index (χ0) is 20.1. The Morgan fingerprint density at radius 1 is 1.11 bits per heavy atom. The molecule has 0 unspecified atom stereocenters. The number of benzene rings is 1. The van der Waals surface area contributed by atoms with Crippen molar-refractivity contribution in [2.24, 2.45) is 0 Å². The molecule has 0 saturated heterocycles. The van der Waals surface area contributed by atoms with Gasteiger partial charge >= 0.3 is 6.09 Å². The Bertz CT molecular complexity index is 987. The maximum absolute atomic E-state index is 10.4. The van der Waals surface area contributed by atoms with Crippen LogP contribution in [0.3, 0.4) is 0 Å². The summed E-state index contributed by atoms with van der Waals surface area (Å²) in [6.45, 7) is 3.04. The van der Waals surface area contributed by atoms with E-state index in [4.69, 9.17) is 19.6 Å². The van der Waals surface area contributed by atoms with E-state index in [0.717, 1.165) is 36.1 Å². The number of fused-ring (bicyclic) bond motifs is 3. The van der Waals surface area contributed by atoms with Gasteiger partial charge in [-0.3, -0.25) is 4.40 Å². The van der Waals surface area contributed by atoms with Gasteiger partial charge in [0.15, 0.2) is 17.3 Å². The number of anilines is 1. The lowest BCUT2D eigenvalue weighted by Gasteiger charge is -2.13. The minimum Gasteiger partial charge on any atom is -0.493 e. The Kier molecular flexibility index (Phi) is 5.97. The SMILES string of the molecule is COc1cc2nc(NCCCCCNC(=O)O)c3nnc(C)n3c2cc1OC. The zero-order valence-corrected chi connectivity index (χ0v) is 16.2. The van der Waals surface area contributed by atoms with Crippen LogP contribution < -0.4 is 20.1 Å². The molecule has 0 atom stereocenters. The molecule has 0 spiro atoms. The smallest absolute Gasteiger partial charge is 0.404 e. The number of unbranched alkanes of at least 4 members (excludes halogenated alkanes) is 2. The van der Waals surface area contributed by atoms with Gasteiger partial charge in [0.25, 0.3) is 0 Å². The predicted molar refractivity (Wildman–Crippen MR) is 104 cm³/mol. The highest BCUT2D eigenvalue weighted by Gasteiger charge is 2.16. The van der Waals surface area contributed by atoms with Gasteiger partial charge in [-0.1, -0.05) is 0 Å². The fraction of sp³-hybridized carbons (Fsp3) is 0.444. The summed E-state index contributed by atoms with van der Waals surface area (Å²) < 4.78 is 12.7. The van der Waals surface area contributed by atoms with Crippen LogP contribution in [0, 0.1) is 6.92 Å². The maximum atomic E-state index is 10.4. The van der Waals surface area contributed by atoms with Gasteiger partial charge in [-0.2, -0.15) is 0 Å². The van der Waals surface area contributed by atoms with Gasteiger partial charge in [0.05, 0.1) is 25.3 Å².